The summed E-state index contributed by atoms with van der Waals surface area (Å²) in [7, 11) is 0. The van der Waals surface area contributed by atoms with E-state index in [0.717, 1.165) is 31.4 Å². The van der Waals surface area contributed by atoms with Crippen molar-refractivity contribution < 1.29 is 19.5 Å². The van der Waals surface area contributed by atoms with Crippen molar-refractivity contribution >= 4 is 17.6 Å². The molecule has 0 spiro atoms. The third kappa shape index (κ3) is 6.32. The second-order valence-electron chi connectivity index (χ2n) is 10.2. The number of ether oxygens (including phenoxy) is 1. The molecule has 2 heterocycles. The maximum atomic E-state index is 12.6. The van der Waals surface area contributed by atoms with Crippen LogP contribution in [0.25, 0.3) is 0 Å². The summed E-state index contributed by atoms with van der Waals surface area (Å²) in [5, 5.41) is 12.3. The van der Waals surface area contributed by atoms with E-state index in [4.69, 9.17) is 16.3 Å². The van der Waals surface area contributed by atoms with Gasteiger partial charge in [-0.05, 0) is 56.0 Å². The first-order chi connectivity index (χ1) is 17.6. The van der Waals surface area contributed by atoms with Gasteiger partial charge in [-0.25, -0.2) is 4.79 Å². The number of quaternary nitrogens is 1. The van der Waals surface area contributed by atoms with Gasteiger partial charge in [0.05, 0.1) is 25.1 Å². The van der Waals surface area contributed by atoms with Crippen LogP contribution in [0.5, 0.6) is 11.5 Å². The second kappa shape index (κ2) is 11.4. The Kier molecular flexibility index (Phi) is 8.19. The summed E-state index contributed by atoms with van der Waals surface area (Å²) >= 11 is 6.09. The van der Waals surface area contributed by atoms with E-state index < -0.39 is 11.7 Å². The van der Waals surface area contributed by atoms with Gasteiger partial charge in [0.15, 0.2) is 0 Å². The lowest BCUT2D eigenvalue weighted by Crippen LogP contribution is -3.13. The molecule has 8 nitrogen and oxygen atoms in total. The average molecular weight is 526 g/mol. The van der Waals surface area contributed by atoms with Gasteiger partial charge in [0.2, 0.25) is 0 Å². The number of carboxylic acids is 1. The van der Waals surface area contributed by atoms with Crippen molar-refractivity contribution in [3.05, 3.63) is 91.2 Å². The largest absolute Gasteiger partial charge is 0.545 e. The number of carbonyl (C=O) groups is 1. The molecule has 1 aliphatic heterocycles. The molecule has 2 N–H and O–H groups in total. The zero-order valence-electron chi connectivity index (χ0n) is 21.3. The maximum absolute atomic E-state index is 12.6. The molecule has 0 amide bonds. The van der Waals surface area contributed by atoms with Crippen LogP contribution in [0.4, 0.5) is 0 Å². The van der Waals surface area contributed by atoms with E-state index >= 15 is 0 Å². The fourth-order valence-electron chi connectivity index (χ4n) is 5.16. The molecular formula is C28H32ClN3O5. The Morgan fingerprint density at radius 3 is 2.73 bits per heavy atom. The van der Waals surface area contributed by atoms with E-state index in [1.165, 1.54) is 11.0 Å². The number of hydrogen-bond acceptors (Lipinski definition) is 5. The molecule has 1 unspecified atom stereocenters. The van der Waals surface area contributed by atoms with Gasteiger partial charge < -0.3 is 19.5 Å². The molecule has 9 heteroatoms. The monoisotopic (exact) mass is 525 g/mol. The molecular weight excluding hydrogens is 494 g/mol. The number of aryl methyl sites for hydroxylation is 1. The number of nitrogens with zero attached hydrogens (tertiary/aromatic N) is 1. The highest BCUT2D eigenvalue weighted by molar-refractivity contribution is 6.30. The Morgan fingerprint density at radius 2 is 2.03 bits per heavy atom. The minimum Gasteiger partial charge on any atom is -0.545 e. The summed E-state index contributed by atoms with van der Waals surface area (Å²) in [4.78, 5) is 40.0. The smallest absolute Gasteiger partial charge is 0.328 e. The van der Waals surface area contributed by atoms with Crippen molar-refractivity contribution in [3.8, 4) is 11.5 Å². The van der Waals surface area contributed by atoms with Crippen LogP contribution in [0.3, 0.4) is 0 Å². The molecule has 4 rings (SSSR count). The van der Waals surface area contributed by atoms with Crippen LogP contribution in [0.2, 0.25) is 5.02 Å². The molecule has 196 valence electrons. The van der Waals surface area contributed by atoms with Gasteiger partial charge in [0.1, 0.15) is 17.5 Å². The van der Waals surface area contributed by atoms with E-state index in [0.29, 0.717) is 28.8 Å². The van der Waals surface area contributed by atoms with E-state index in [9.17, 15) is 19.5 Å². The van der Waals surface area contributed by atoms with Crippen LogP contribution >= 0.6 is 11.6 Å². The zero-order chi connectivity index (χ0) is 26.7. The third-order valence-corrected chi connectivity index (χ3v) is 7.16. The highest BCUT2D eigenvalue weighted by atomic mass is 35.5. The van der Waals surface area contributed by atoms with Gasteiger partial charge in [-0.3, -0.25) is 14.3 Å². The van der Waals surface area contributed by atoms with Gasteiger partial charge in [-0.15, -0.1) is 0 Å². The van der Waals surface area contributed by atoms with Crippen molar-refractivity contribution in [1.29, 1.82) is 0 Å². The molecule has 2 aromatic carbocycles. The molecule has 3 aromatic rings. The normalized spacial score (nSPS) is 18.5. The Hall–Kier alpha value is -3.36. The predicted molar refractivity (Wildman–Crippen MR) is 140 cm³/mol. The third-order valence-electron chi connectivity index (χ3n) is 6.92. The number of nitrogens with one attached hydrogen (secondary N) is 2. The Morgan fingerprint density at radius 1 is 1.24 bits per heavy atom. The standard InChI is InChI=1S/C28H32ClN3O5/c1-17(2)12-24(31-11-5-7-21(16-31)32-15-18(3)26(33)30-28(32)36)19-9-10-23(27(34)35)25(13-19)37-22-8-4-6-20(29)14-22/h4,6,8-10,13-15,17,21,24H,5,7,11-12,16H2,1-3H3,(H,34,35)(H,30,33,36)/t21-,24+/m0/s1. The van der Waals surface area contributed by atoms with Gasteiger partial charge >= 0.3 is 5.69 Å². The zero-order valence-corrected chi connectivity index (χ0v) is 22.0. The Balaban J connectivity index is 1.68. The van der Waals surface area contributed by atoms with Crippen LogP contribution in [0, 0.1) is 12.8 Å². The fraction of sp³-hybridized carbons (Fsp3) is 0.393. The van der Waals surface area contributed by atoms with E-state index in [1.54, 1.807) is 48.0 Å². The minimum atomic E-state index is -1.32. The number of benzene rings is 2. The molecule has 0 bridgehead atoms. The number of carboxylic acid groups (broad SMARTS) is 1. The summed E-state index contributed by atoms with van der Waals surface area (Å²) in [6, 6.07) is 12.0. The first kappa shape index (κ1) is 26.7. The molecule has 1 aromatic heterocycles. The van der Waals surface area contributed by atoms with Crippen LogP contribution in [-0.4, -0.2) is 28.6 Å². The number of rotatable bonds is 8. The average Bonchev–Trinajstić information content (AvgIpc) is 2.84. The molecule has 0 saturated carbocycles. The first-order valence-corrected chi connectivity index (χ1v) is 13.0. The first-order valence-electron chi connectivity index (χ1n) is 12.6. The number of H-pyrrole nitrogens is 1. The van der Waals surface area contributed by atoms with Crippen LogP contribution in [0.1, 0.15) is 66.7 Å². The number of carbonyl (C=O) groups excluding carboxylic acids is 1. The number of likely N-dealkylation sites (tertiary alicyclic amines) is 1. The summed E-state index contributed by atoms with van der Waals surface area (Å²) in [5.41, 5.74) is 0.674. The molecule has 1 saturated heterocycles. The predicted octanol–water partition coefficient (Wildman–Crippen LogP) is 2.66. The number of aromatic carboxylic acids is 1. The number of hydrogen-bond donors (Lipinski definition) is 2. The van der Waals surface area contributed by atoms with Gasteiger partial charge in [0, 0.05) is 34.3 Å². The number of aromatic amines is 1. The molecule has 1 aliphatic rings. The van der Waals surface area contributed by atoms with Crippen molar-refractivity contribution in [2.24, 2.45) is 5.92 Å². The van der Waals surface area contributed by atoms with Crippen LogP contribution in [-0.2, 0) is 0 Å². The lowest BCUT2D eigenvalue weighted by Gasteiger charge is -2.37. The van der Waals surface area contributed by atoms with Crippen molar-refractivity contribution in [2.45, 2.75) is 52.1 Å². The lowest BCUT2D eigenvalue weighted by molar-refractivity contribution is -0.939. The van der Waals surface area contributed by atoms with E-state index in [-0.39, 0.29) is 29.0 Å². The summed E-state index contributed by atoms with van der Waals surface area (Å²) in [6.07, 6.45) is 4.28. The van der Waals surface area contributed by atoms with Crippen molar-refractivity contribution in [1.82, 2.24) is 9.55 Å². The molecule has 0 radical (unpaired) electrons. The Bertz CT molecular complexity index is 1400. The summed E-state index contributed by atoms with van der Waals surface area (Å²) in [6.45, 7) is 7.63. The molecule has 1 fully saturated rings. The Labute approximate surface area is 220 Å². The number of aromatic nitrogens is 2. The topological polar surface area (TPSA) is 109 Å². The summed E-state index contributed by atoms with van der Waals surface area (Å²) < 4.78 is 7.62. The molecule has 37 heavy (non-hydrogen) atoms. The van der Waals surface area contributed by atoms with Crippen molar-refractivity contribution in [3.63, 3.8) is 0 Å². The van der Waals surface area contributed by atoms with Crippen LogP contribution < -0.4 is 26.0 Å². The lowest BCUT2D eigenvalue weighted by atomic mass is 9.92. The van der Waals surface area contributed by atoms with Crippen LogP contribution in [0.15, 0.2) is 58.3 Å². The molecule has 0 aliphatic carbocycles. The SMILES string of the molecule is Cc1cn([C@H]2CCC[NH+]([C@H](CC(C)C)c3ccc(C(=O)[O-])c(Oc4cccc(Cl)c4)c3)C2)c(=O)[nH]c1=O. The highest BCUT2D eigenvalue weighted by Crippen LogP contribution is 2.31. The minimum absolute atomic E-state index is 0.0335. The van der Waals surface area contributed by atoms with E-state index in [2.05, 4.69) is 18.8 Å². The quantitative estimate of drug-likeness (QED) is 0.470. The van der Waals surface area contributed by atoms with Gasteiger partial charge in [0.25, 0.3) is 5.56 Å². The fourth-order valence-corrected chi connectivity index (χ4v) is 5.34. The number of piperidine rings is 1. The molecule has 3 atom stereocenters. The number of halogens is 1. The van der Waals surface area contributed by atoms with E-state index in [1.807, 2.05) is 6.07 Å². The second-order valence-corrected chi connectivity index (χ2v) is 10.6. The van der Waals surface area contributed by atoms with Gasteiger partial charge in [-0.1, -0.05) is 37.6 Å². The van der Waals surface area contributed by atoms with Crippen molar-refractivity contribution in [2.75, 3.05) is 13.1 Å². The summed E-state index contributed by atoms with van der Waals surface area (Å²) in [5.74, 6) is -0.295. The highest BCUT2D eigenvalue weighted by Gasteiger charge is 2.33. The maximum Gasteiger partial charge on any atom is 0.328 e. The van der Waals surface area contributed by atoms with Gasteiger partial charge in [-0.2, -0.15) is 0 Å².